The molecule has 4 unspecified atom stereocenters. The molecule has 2 aliphatic rings. The van der Waals surface area contributed by atoms with Gasteiger partial charge < -0.3 is 10.4 Å². The molecule has 1 aromatic rings. The van der Waals surface area contributed by atoms with Crippen LogP contribution in [0.1, 0.15) is 6.42 Å². The molecule has 122 valence electrons. The lowest BCUT2D eigenvalue weighted by Crippen LogP contribution is -2.36. The molecule has 2 bridgehead atoms. The predicted octanol–water partition coefficient (Wildman–Crippen LogP) is 3.46. The van der Waals surface area contributed by atoms with E-state index in [0.717, 1.165) is 0 Å². The van der Waals surface area contributed by atoms with Crippen molar-refractivity contribution < 1.29 is 23.5 Å². The van der Waals surface area contributed by atoms with Crippen LogP contribution in [0.2, 0.25) is 0 Å². The van der Waals surface area contributed by atoms with E-state index in [1.807, 2.05) is 12.2 Å². The fourth-order valence-electron chi connectivity index (χ4n) is 3.46. The molecule has 0 spiro atoms. The summed E-state index contributed by atoms with van der Waals surface area (Å²) < 4.78 is 24.5. The Morgan fingerprint density at radius 2 is 1.74 bits per heavy atom. The molecular formula is C16H15F2NO3S. The summed E-state index contributed by atoms with van der Waals surface area (Å²) in [5.74, 6) is -5.19. The van der Waals surface area contributed by atoms with Gasteiger partial charge in [-0.2, -0.15) is 8.78 Å². The fourth-order valence-corrected chi connectivity index (χ4v) is 3.96. The highest BCUT2D eigenvalue weighted by molar-refractivity contribution is 7.99. The van der Waals surface area contributed by atoms with E-state index in [9.17, 15) is 23.5 Å². The summed E-state index contributed by atoms with van der Waals surface area (Å²) in [6.07, 6.45) is 4.49. The molecule has 0 saturated heterocycles. The molecule has 2 N–H and O–H groups in total. The number of anilines is 1. The number of allylic oxidation sites excluding steroid dienone is 2. The Kier molecular flexibility index (Phi) is 4.39. The second-order valence-corrected chi connectivity index (χ2v) is 6.79. The third-order valence-corrected chi connectivity index (χ3v) is 5.12. The monoisotopic (exact) mass is 339 g/mol. The molecule has 7 heteroatoms. The lowest BCUT2D eigenvalue weighted by molar-refractivity contribution is -0.146. The van der Waals surface area contributed by atoms with Crippen LogP contribution in [-0.2, 0) is 9.59 Å². The van der Waals surface area contributed by atoms with Gasteiger partial charge in [0.25, 0.3) is 5.76 Å². The van der Waals surface area contributed by atoms with Crippen LogP contribution in [0.3, 0.4) is 0 Å². The van der Waals surface area contributed by atoms with Gasteiger partial charge in [0.1, 0.15) is 0 Å². The lowest BCUT2D eigenvalue weighted by atomic mass is 9.82. The number of halogens is 2. The minimum Gasteiger partial charge on any atom is -0.481 e. The molecule has 1 fully saturated rings. The van der Waals surface area contributed by atoms with Crippen LogP contribution in [0.25, 0.3) is 0 Å². The van der Waals surface area contributed by atoms with Gasteiger partial charge in [0.15, 0.2) is 0 Å². The van der Waals surface area contributed by atoms with Crippen LogP contribution in [0.15, 0.2) is 41.3 Å². The van der Waals surface area contributed by atoms with Crippen molar-refractivity contribution in [3.8, 4) is 0 Å². The Balaban J connectivity index is 1.69. The van der Waals surface area contributed by atoms with E-state index in [4.69, 9.17) is 0 Å². The number of carbonyl (C=O) groups is 2. The lowest BCUT2D eigenvalue weighted by Gasteiger charge is -2.23. The number of hydrogen-bond donors (Lipinski definition) is 2. The number of aliphatic carboxylic acids is 1. The molecule has 4 nitrogen and oxygen atoms in total. The number of hydrogen-bond acceptors (Lipinski definition) is 3. The first kappa shape index (κ1) is 16.0. The maximum absolute atomic E-state index is 12.4. The van der Waals surface area contributed by atoms with Gasteiger partial charge in [0.2, 0.25) is 5.91 Å². The summed E-state index contributed by atoms with van der Waals surface area (Å²) >= 11 is 0.433. The SMILES string of the molecule is O=C(O)C1C2C=CC(C2)C1C(=O)Nc1ccc(SC(F)F)cc1. The van der Waals surface area contributed by atoms with Crippen LogP contribution < -0.4 is 5.32 Å². The van der Waals surface area contributed by atoms with Gasteiger partial charge in [-0.3, -0.25) is 9.59 Å². The van der Waals surface area contributed by atoms with Crippen LogP contribution in [0, 0.1) is 23.7 Å². The molecule has 0 heterocycles. The van der Waals surface area contributed by atoms with Crippen LogP contribution in [-0.4, -0.2) is 22.7 Å². The molecule has 0 aromatic heterocycles. The number of thioether (sulfide) groups is 1. The minimum atomic E-state index is -2.49. The highest BCUT2D eigenvalue weighted by Crippen LogP contribution is 2.48. The summed E-state index contributed by atoms with van der Waals surface area (Å²) in [4.78, 5) is 24.3. The van der Waals surface area contributed by atoms with Crippen LogP contribution in [0.4, 0.5) is 14.5 Å². The topological polar surface area (TPSA) is 66.4 Å². The number of fused-ring (bicyclic) bond motifs is 2. The Morgan fingerprint density at radius 3 is 2.30 bits per heavy atom. The molecular weight excluding hydrogens is 324 g/mol. The number of carboxylic acids is 1. The van der Waals surface area contributed by atoms with E-state index in [0.29, 0.717) is 28.8 Å². The van der Waals surface area contributed by atoms with E-state index in [1.165, 1.54) is 12.1 Å². The predicted molar refractivity (Wildman–Crippen MR) is 82.3 cm³/mol. The second kappa shape index (κ2) is 6.31. The maximum Gasteiger partial charge on any atom is 0.307 e. The number of carboxylic acid groups (broad SMARTS) is 1. The Hall–Kier alpha value is -1.89. The van der Waals surface area contributed by atoms with Gasteiger partial charge in [-0.1, -0.05) is 23.9 Å². The van der Waals surface area contributed by atoms with E-state index in [2.05, 4.69) is 5.32 Å². The molecule has 1 saturated carbocycles. The highest BCUT2D eigenvalue weighted by Gasteiger charge is 2.51. The summed E-state index contributed by atoms with van der Waals surface area (Å²) in [5, 5.41) is 12.1. The zero-order valence-corrected chi connectivity index (χ0v) is 12.8. The van der Waals surface area contributed by atoms with Crippen molar-refractivity contribution in [2.45, 2.75) is 17.1 Å². The summed E-state index contributed by atoms with van der Waals surface area (Å²) in [5.41, 5.74) is 0.476. The van der Waals surface area contributed by atoms with Crippen LogP contribution >= 0.6 is 11.8 Å². The normalized spacial score (nSPS) is 28.3. The zero-order valence-electron chi connectivity index (χ0n) is 12.0. The van der Waals surface area contributed by atoms with Crippen molar-refractivity contribution in [2.24, 2.45) is 23.7 Å². The van der Waals surface area contributed by atoms with E-state index < -0.39 is 23.6 Å². The Morgan fingerprint density at radius 1 is 1.13 bits per heavy atom. The summed E-state index contributed by atoms with van der Waals surface area (Å²) in [6, 6.07) is 6.09. The number of carbonyl (C=O) groups excluding carboxylic acids is 1. The summed E-state index contributed by atoms with van der Waals surface area (Å²) in [6.45, 7) is 0. The van der Waals surface area contributed by atoms with Crippen molar-refractivity contribution in [3.05, 3.63) is 36.4 Å². The van der Waals surface area contributed by atoms with Gasteiger partial charge in [0, 0.05) is 10.6 Å². The molecule has 23 heavy (non-hydrogen) atoms. The van der Waals surface area contributed by atoms with Gasteiger partial charge in [-0.25, -0.2) is 0 Å². The first-order valence-corrected chi connectivity index (χ1v) is 8.10. The third kappa shape index (κ3) is 3.24. The Labute approximate surface area is 136 Å². The van der Waals surface area contributed by atoms with Gasteiger partial charge in [-0.15, -0.1) is 0 Å². The van der Waals surface area contributed by atoms with Crippen molar-refractivity contribution in [3.63, 3.8) is 0 Å². The average Bonchev–Trinajstić information content (AvgIpc) is 3.09. The fraction of sp³-hybridized carbons (Fsp3) is 0.375. The molecule has 0 radical (unpaired) electrons. The van der Waals surface area contributed by atoms with E-state index >= 15 is 0 Å². The molecule has 4 atom stereocenters. The minimum absolute atomic E-state index is 0.0465. The van der Waals surface area contributed by atoms with Crippen molar-refractivity contribution in [1.29, 1.82) is 0 Å². The maximum atomic E-state index is 12.4. The standard InChI is InChI=1S/C16H15F2NO3S/c17-16(18)23-11-5-3-10(4-6-11)19-14(20)12-8-1-2-9(7-8)13(12)15(21)22/h1-6,8-9,12-13,16H,7H2,(H,19,20)(H,21,22). The van der Waals surface area contributed by atoms with Crippen molar-refractivity contribution >= 4 is 29.3 Å². The first-order chi connectivity index (χ1) is 11.0. The third-order valence-electron chi connectivity index (χ3n) is 4.39. The number of amides is 1. The Bertz CT molecular complexity index is 647. The molecule has 1 aromatic carbocycles. The highest BCUT2D eigenvalue weighted by atomic mass is 32.2. The van der Waals surface area contributed by atoms with Crippen LogP contribution in [0.5, 0.6) is 0 Å². The molecule has 0 aliphatic heterocycles. The molecule has 2 aliphatic carbocycles. The average molecular weight is 339 g/mol. The van der Waals surface area contributed by atoms with Gasteiger partial charge >= 0.3 is 5.97 Å². The number of nitrogens with one attached hydrogen (secondary N) is 1. The molecule has 1 amide bonds. The van der Waals surface area contributed by atoms with Crippen molar-refractivity contribution in [1.82, 2.24) is 0 Å². The second-order valence-electron chi connectivity index (χ2n) is 5.73. The quantitative estimate of drug-likeness (QED) is 0.637. The molecule has 3 rings (SSSR count). The van der Waals surface area contributed by atoms with Gasteiger partial charge in [-0.05, 0) is 42.5 Å². The summed E-state index contributed by atoms with van der Waals surface area (Å²) in [7, 11) is 0. The van der Waals surface area contributed by atoms with Crippen molar-refractivity contribution in [2.75, 3.05) is 5.32 Å². The van der Waals surface area contributed by atoms with Gasteiger partial charge in [0.05, 0.1) is 11.8 Å². The number of rotatable bonds is 5. The first-order valence-electron chi connectivity index (χ1n) is 7.22. The largest absolute Gasteiger partial charge is 0.481 e. The van der Waals surface area contributed by atoms with E-state index in [1.54, 1.807) is 12.1 Å². The zero-order chi connectivity index (χ0) is 16.6. The van der Waals surface area contributed by atoms with E-state index in [-0.39, 0.29) is 17.7 Å². The number of alkyl halides is 2. The number of benzene rings is 1. The smallest absolute Gasteiger partial charge is 0.307 e.